The average molecular weight is 290 g/mol. The third-order valence-electron chi connectivity index (χ3n) is 4.46. The van der Waals surface area contributed by atoms with Crippen molar-refractivity contribution in [2.45, 2.75) is 31.6 Å². The fourth-order valence-corrected chi connectivity index (χ4v) is 3.87. The summed E-state index contributed by atoms with van der Waals surface area (Å²) in [5, 5.41) is 1.03. The van der Waals surface area contributed by atoms with Crippen molar-refractivity contribution in [3.63, 3.8) is 0 Å². The zero-order valence-corrected chi connectivity index (χ0v) is 12.0. The fraction of sp³-hybridized carbons (Fsp3) is 0.438. The highest BCUT2D eigenvalue weighted by Gasteiger charge is 2.27. The van der Waals surface area contributed by atoms with Crippen LogP contribution in [-0.4, -0.2) is 13.1 Å². The maximum Gasteiger partial charge on any atom is 0.336 e. The Morgan fingerprint density at radius 3 is 2.80 bits per heavy atom. The molecule has 104 valence electrons. The minimum absolute atomic E-state index is 0.294. The van der Waals surface area contributed by atoms with E-state index in [-0.39, 0.29) is 5.63 Å². The first-order chi connectivity index (χ1) is 9.78. The molecule has 0 atom stereocenters. The second kappa shape index (κ2) is 4.52. The second-order valence-corrected chi connectivity index (χ2v) is 5.93. The minimum atomic E-state index is -0.294. The lowest BCUT2D eigenvalue weighted by Gasteiger charge is -2.37. The summed E-state index contributed by atoms with van der Waals surface area (Å²) in [7, 11) is 0. The Morgan fingerprint density at radius 1 is 1.20 bits per heavy atom. The summed E-state index contributed by atoms with van der Waals surface area (Å²) in [6.07, 6.45) is 4.42. The quantitative estimate of drug-likeness (QED) is 0.597. The lowest BCUT2D eigenvalue weighted by Crippen LogP contribution is -2.34. The van der Waals surface area contributed by atoms with E-state index in [0.717, 1.165) is 48.9 Å². The molecule has 0 amide bonds. The maximum atomic E-state index is 11.8. The molecule has 1 aromatic heterocycles. The Labute approximate surface area is 122 Å². The number of aryl methyl sites for hydroxylation is 2. The van der Waals surface area contributed by atoms with Gasteiger partial charge in [-0.25, -0.2) is 4.79 Å². The van der Waals surface area contributed by atoms with E-state index in [0.29, 0.717) is 5.88 Å². The maximum absolute atomic E-state index is 11.8. The van der Waals surface area contributed by atoms with Crippen LogP contribution in [0.4, 0.5) is 5.69 Å². The standard InChI is InChI=1S/C16H16ClNO2/c17-9-11-8-14(19)20-16-12-4-2-6-18-5-1-3-10(15(12)18)7-13(11)16/h7-8H,1-6,9H2. The Kier molecular flexibility index (Phi) is 2.77. The molecule has 4 heteroatoms. The first-order valence-corrected chi connectivity index (χ1v) is 7.74. The SMILES string of the molecule is O=c1cc(CCl)c2cc3c4c(c2o1)CCCN4CCC3. The molecule has 0 fully saturated rings. The highest BCUT2D eigenvalue weighted by Crippen LogP contribution is 2.40. The smallest absolute Gasteiger partial charge is 0.336 e. The summed E-state index contributed by atoms with van der Waals surface area (Å²) in [6.45, 7) is 2.23. The van der Waals surface area contributed by atoms with Crippen molar-refractivity contribution in [2.24, 2.45) is 0 Å². The van der Waals surface area contributed by atoms with E-state index in [1.165, 1.54) is 29.3 Å². The van der Waals surface area contributed by atoms with Crippen LogP contribution in [0.3, 0.4) is 0 Å². The molecule has 2 aromatic rings. The number of hydrogen-bond donors (Lipinski definition) is 0. The number of rotatable bonds is 1. The summed E-state index contributed by atoms with van der Waals surface area (Å²) in [4.78, 5) is 14.2. The van der Waals surface area contributed by atoms with Gasteiger partial charge in [-0.05, 0) is 42.9 Å². The Morgan fingerprint density at radius 2 is 2.00 bits per heavy atom. The Bertz CT molecular complexity index is 748. The topological polar surface area (TPSA) is 33.5 Å². The first kappa shape index (κ1) is 12.3. The van der Waals surface area contributed by atoms with E-state index in [2.05, 4.69) is 11.0 Å². The molecule has 3 heterocycles. The highest BCUT2D eigenvalue weighted by atomic mass is 35.5. The van der Waals surface area contributed by atoms with Crippen molar-refractivity contribution in [2.75, 3.05) is 18.0 Å². The molecule has 1 aromatic carbocycles. The molecular formula is C16H16ClNO2. The second-order valence-electron chi connectivity index (χ2n) is 5.66. The van der Waals surface area contributed by atoms with Crippen molar-refractivity contribution < 1.29 is 4.42 Å². The molecule has 2 aliphatic heterocycles. The van der Waals surface area contributed by atoms with Crippen LogP contribution in [0.2, 0.25) is 0 Å². The molecule has 2 aliphatic rings. The molecule has 3 nitrogen and oxygen atoms in total. The summed E-state index contributed by atoms with van der Waals surface area (Å²) >= 11 is 6.01. The summed E-state index contributed by atoms with van der Waals surface area (Å²) in [5.74, 6) is 0.351. The number of benzene rings is 1. The van der Waals surface area contributed by atoms with Gasteiger partial charge in [0.05, 0.1) is 0 Å². The van der Waals surface area contributed by atoms with Gasteiger partial charge in [0.1, 0.15) is 5.58 Å². The molecular weight excluding hydrogens is 274 g/mol. The number of nitrogens with zero attached hydrogens (tertiary/aromatic N) is 1. The third kappa shape index (κ3) is 1.69. The van der Waals surface area contributed by atoms with Crippen molar-refractivity contribution in [3.05, 3.63) is 39.2 Å². The number of alkyl halides is 1. The lowest BCUT2D eigenvalue weighted by atomic mass is 9.89. The molecule has 20 heavy (non-hydrogen) atoms. The summed E-state index contributed by atoms with van der Waals surface area (Å²) in [6, 6.07) is 3.71. The van der Waals surface area contributed by atoms with E-state index in [1.54, 1.807) is 0 Å². The normalized spacial score (nSPS) is 17.4. The molecule has 0 radical (unpaired) electrons. The Hall–Kier alpha value is -1.48. The van der Waals surface area contributed by atoms with Gasteiger partial charge in [-0.2, -0.15) is 0 Å². The summed E-state index contributed by atoms with van der Waals surface area (Å²) in [5.41, 5.74) is 5.28. The lowest BCUT2D eigenvalue weighted by molar-refractivity contribution is 0.548. The molecule has 0 spiro atoms. The van der Waals surface area contributed by atoms with Crippen molar-refractivity contribution in [1.29, 1.82) is 0 Å². The van der Waals surface area contributed by atoms with E-state index < -0.39 is 0 Å². The van der Waals surface area contributed by atoms with Gasteiger partial charge in [-0.1, -0.05) is 0 Å². The molecule has 4 rings (SSSR count). The van der Waals surface area contributed by atoms with Crippen molar-refractivity contribution in [3.8, 4) is 0 Å². The molecule has 0 bridgehead atoms. The minimum Gasteiger partial charge on any atom is -0.422 e. The predicted molar refractivity (Wildman–Crippen MR) is 80.9 cm³/mol. The predicted octanol–water partition coefficient (Wildman–Crippen LogP) is 3.23. The molecule has 0 saturated carbocycles. The van der Waals surface area contributed by atoms with Crippen LogP contribution in [0.15, 0.2) is 21.3 Å². The van der Waals surface area contributed by atoms with E-state index in [9.17, 15) is 4.79 Å². The van der Waals surface area contributed by atoms with Crippen molar-refractivity contribution >= 4 is 28.3 Å². The fourth-order valence-electron chi connectivity index (χ4n) is 3.65. The molecule has 0 unspecified atom stereocenters. The van der Waals surface area contributed by atoms with Gasteiger partial charge in [-0.15, -0.1) is 11.6 Å². The zero-order chi connectivity index (χ0) is 13.7. The van der Waals surface area contributed by atoms with Crippen LogP contribution in [0.1, 0.15) is 29.5 Å². The first-order valence-electron chi connectivity index (χ1n) is 7.20. The monoisotopic (exact) mass is 289 g/mol. The van der Waals surface area contributed by atoms with Gasteiger partial charge in [0.25, 0.3) is 0 Å². The number of hydrogen-bond acceptors (Lipinski definition) is 3. The van der Waals surface area contributed by atoms with Gasteiger partial charge in [0, 0.05) is 41.7 Å². The Balaban J connectivity index is 2.12. The largest absolute Gasteiger partial charge is 0.422 e. The van der Waals surface area contributed by atoms with Crippen LogP contribution >= 0.6 is 11.6 Å². The number of fused-ring (bicyclic) bond motifs is 2. The highest BCUT2D eigenvalue weighted by molar-refractivity contribution is 6.18. The van der Waals surface area contributed by atoms with Crippen LogP contribution < -0.4 is 10.5 Å². The van der Waals surface area contributed by atoms with Crippen LogP contribution in [0.5, 0.6) is 0 Å². The third-order valence-corrected chi connectivity index (χ3v) is 4.75. The van der Waals surface area contributed by atoms with E-state index >= 15 is 0 Å². The van der Waals surface area contributed by atoms with Crippen LogP contribution in [0, 0.1) is 0 Å². The van der Waals surface area contributed by atoms with Gasteiger partial charge in [0.15, 0.2) is 0 Å². The average Bonchev–Trinajstić information content (AvgIpc) is 2.48. The zero-order valence-electron chi connectivity index (χ0n) is 11.2. The summed E-state index contributed by atoms with van der Waals surface area (Å²) < 4.78 is 5.53. The number of anilines is 1. The molecule has 0 N–H and O–H groups in total. The molecule has 0 saturated heterocycles. The van der Waals surface area contributed by atoms with Gasteiger partial charge in [0.2, 0.25) is 0 Å². The van der Waals surface area contributed by atoms with Crippen LogP contribution in [-0.2, 0) is 18.7 Å². The number of halogens is 1. The van der Waals surface area contributed by atoms with Gasteiger partial charge >= 0.3 is 5.63 Å². The molecule has 0 aliphatic carbocycles. The van der Waals surface area contributed by atoms with Crippen molar-refractivity contribution in [1.82, 2.24) is 0 Å². The van der Waals surface area contributed by atoms with E-state index in [4.69, 9.17) is 16.0 Å². The van der Waals surface area contributed by atoms with Gasteiger partial charge in [-0.3, -0.25) is 0 Å². The van der Waals surface area contributed by atoms with Gasteiger partial charge < -0.3 is 9.32 Å². The van der Waals surface area contributed by atoms with E-state index in [1.807, 2.05) is 0 Å². The van der Waals surface area contributed by atoms with Crippen LogP contribution in [0.25, 0.3) is 11.0 Å².